The molecule has 0 saturated heterocycles. The maximum Gasteiger partial charge on any atom is 0.267 e. The fourth-order valence-corrected chi connectivity index (χ4v) is 4.93. The molecule has 1 amide bonds. The first-order valence-corrected chi connectivity index (χ1v) is 11.8. The van der Waals surface area contributed by atoms with Crippen LogP contribution in [0.2, 0.25) is 0 Å². The van der Waals surface area contributed by atoms with E-state index in [9.17, 15) is 14.7 Å². The molecule has 32 heavy (non-hydrogen) atoms. The van der Waals surface area contributed by atoms with Gasteiger partial charge in [-0.2, -0.15) is 11.8 Å². The number of nitrogens with one attached hydrogen (secondary N) is 1. The second-order valence-electron chi connectivity index (χ2n) is 7.48. The van der Waals surface area contributed by atoms with Crippen molar-refractivity contribution in [3.63, 3.8) is 0 Å². The molecule has 1 aliphatic heterocycles. The zero-order valence-corrected chi connectivity index (χ0v) is 18.8. The van der Waals surface area contributed by atoms with Crippen molar-refractivity contribution < 1.29 is 19.7 Å². The summed E-state index contributed by atoms with van der Waals surface area (Å²) < 4.78 is 7.40. The first-order chi connectivity index (χ1) is 15.5. The van der Waals surface area contributed by atoms with Gasteiger partial charge in [-0.1, -0.05) is 18.2 Å². The predicted molar refractivity (Wildman–Crippen MR) is 124 cm³/mol. The van der Waals surface area contributed by atoms with E-state index in [1.165, 1.54) is 0 Å². The lowest BCUT2D eigenvalue weighted by atomic mass is 10.1. The summed E-state index contributed by atoms with van der Waals surface area (Å²) in [6.45, 7) is 0.0103. The second-order valence-corrected chi connectivity index (χ2v) is 9.02. The fourth-order valence-electron chi connectivity index (χ4n) is 3.64. The van der Waals surface area contributed by atoms with E-state index in [1.54, 1.807) is 16.3 Å². The normalized spacial score (nSPS) is 17.1. The van der Waals surface area contributed by atoms with E-state index in [1.807, 2.05) is 42.5 Å². The fraction of sp³-hybridized carbons (Fsp3) is 0.304. The lowest BCUT2D eigenvalue weighted by Crippen LogP contribution is -2.36. The molecule has 0 fully saturated rings. The summed E-state index contributed by atoms with van der Waals surface area (Å²) in [5.41, 5.74) is 1.36. The Bertz CT molecular complexity index is 1140. The number of hydrogen-bond donors (Lipinski definition) is 3. The third kappa shape index (κ3) is 4.72. The molecular formula is C23H23ClN2O5S. The number of carbonyl (C=O) groups excluding carboxylic acids is 1. The van der Waals surface area contributed by atoms with Gasteiger partial charge in [0.15, 0.2) is 0 Å². The summed E-state index contributed by atoms with van der Waals surface area (Å²) in [6, 6.07) is 7.39. The molecule has 1 unspecified atom stereocenters. The van der Waals surface area contributed by atoms with Gasteiger partial charge in [-0.05, 0) is 36.3 Å². The number of rotatable bonds is 7. The number of aliphatic hydroxyl groups excluding tert-OH is 1. The summed E-state index contributed by atoms with van der Waals surface area (Å²) in [6.07, 6.45) is 6.38. The molecule has 3 N–H and O–H groups in total. The highest BCUT2D eigenvalue weighted by Gasteiger charge is 2.28. The summed E-state index contributed by atoms with van der Waals surface area (Å²) in [5, 5.41) is 22.0. The van der Waals surface area contributed by atoms with Crippen LogP contribution in [-0.2, 0) is 18.1 Å². The first-order valence-electron chi connectivity index (χ1n) is 10.2. The third-order valence-corrected chi connectivity index (χ3v) is 6.57. The van der Waals surface area contributed by atoms with Crippen molar-refractivity contribution in [1.29, 1.82) is 0 Å². The van der Waals surface area contributed by atoms with Gasteiger partial charge in [0.2, 0.25) is 0 Å². The van der Waals surface area contributed by atoms with Crippen molar-refractivity contribution in [3.05, 3.63) is 81.0 Å². The first kappa shape index (κ1) is 22.5. The third-order valence-electron chi connectivity index (χ3n) is 5.28. The van der Waals surface area contributed by atoms with Crippen LogP contribution in [0.15, 0.2) is 53.0 Å². The number of ether oxygens (including phenoxy) is 1. The lowest BCUT2D eigenvalue weighted by Gasteiger charge is -2.16. The van der Waals surface area contributed by atoms with E-state index >= 15 is 0 Å². The standard InChI is InChI=1S/C23H23ClN2O5S/c24-15-3-7-17(8-4-15)31-16-5-1-14(2-6-16)11-26-19-13-32-12-18(19)21(28)20(23(26)30)22(29)25-9-10-27/h1-3,5-8,15,27-28H,4,9-13H2,(H,25,29). The van der Waals surface area contributed by atoms with Gasteiger partial charge in [-0.25, -0.2) is 0 Å². The van der Waals surface area contributed by atoms with Gasteiger partial charge in [0, 0.05) is 29.3 Å². The molecule has 2 aliphatic rings. The molecule has 0 saturated carbocycles. The summed E-state index contributed by atoms with van der Waals surface area (Å²) >= 11 is 7.61. The highest BCUT2D eigenvalue weighted by molar-refractivity contribution is 7.98. The Labute approximate surface area is 194 Å². The molecule has 2 heterocycles. The Morgan fingerprint density at radius 2 is 2.06 bits per heavy atom. The highest BCUT2D eigenvalue weighted by atomic mass is 35.5. The lowest BCUT2D eigenvalue weighted by molar-refractivity contribution is 0.0939. The number of allylic oxidation sites excluding steroid dienone is 3. The smallest absolute Gasteiger partial charge is 0.267 e. The van der Waals surface area contributed by atoms with E-state index in [2.05, 4.69) is 5.32 Å². The number of thioether (sulfide) groups is 1. The molecule has 9 heteroatoms. The van der Waals surface area contributed by atoms with Gasteiger partial charge in [0.05, 0.1) is 18.5 Å². The zero-order chi connectivity index (χ0) is 22.7. The van der Waals surface area contributed by atoms with Crippen molar-refractivity contribution in [1.82, 2.24) is 9.88 Å². The minimum absolute atomic E-state index is 0.00216. The zero-order valence-electron chi connectivity index (χ0n) is 17.2. The molecule has 1 atom stereocenters. The van der Waals surface area contributed by atoms with Crippen LogP contribution in [0.4, 0.5) is 0 Å². The molecule has 0 bridgehead atoms. The molecule has 1 aromatic heterocycles. The minimum atomic E-state index is -0.688. The van der Waals surface area contributed by atoms with Crippen LogP contribution in [-0.4, -0.2) is 39.2 Å². The Hall–Kier alpha value is -2.68. The molecule has 2 aromatic rings. The SMILES string of the molecule is O=C(NCCO)c1c(O)c2c(n(Cc3ccc(OC4=CCC(Cl)C=C4)cc3)c1=O)CSC2. The van der Waals surface area contributed by atoms with Crippen LogP contribution in [0.1, 0.15) is 33.6 Å². The van der Waals surface area contributed by atoms with Gasteiger partial charge in [0.1, 0.15) is 22.8 Å². The van der Waals surface area contributed by atoms with Gasteiger partial charge in [-0.3, -0.25) is 9.59 Å². The average molecular weight is 475 g/mol. The number of aromatic nitrogens is 1. The van der Waals surface area contributed by atoms with E-state index in [4.69, 9.17) is 21.4 Å². The van der Waals surface area contributed by atoms with Crippen LogP contribution in [0, 0.1) is 0 Å². The van der Waals surface area contributed by atoms with Gasteiger partial charge in [-0.15, -0.1) is 11.6 Å². The van der Waals surface area contributed by atoms with E-state index < -0.39 is 11.5 Å². The summed E-state index contributed by atoms with van der Waals surface area (Å²) in [5.74, 6) is 1.56. The quantitative estimate of drug-likeness (QED) is 0.533. The number of amides is 1. The molecule has 1 aliphatic carbocycles. The number of pyridine rings is 1. The van der Waals surface area contributed by atoms with Crippen LogP contribution < -0.4 is 15.6 Å². The van der Waals surface area contributed by atoms with E-state index in [0.717, 1.165) is 17.0 Å². The van der Waals surface area contributed by atoms with Gasteiger partial charge < -0.3 is 24.8 Å². The van der Waals surface area contributed by atoms with Crippen LogP contribution in [0.25, 0.3) is 0 Å². The molecule has 4 rings (SSSR count). The molecule has 7 nitrogen and oxygen atoms in total. The van der Waals surface area contributed by atoms with Crippen molar-refractivity contribution in [3.8, 4) is 11.5 Å². The Morgan fingerprint density at radius 3 is 2.75 bits per heavy atom. The van der Waals surface area contributed by atoms with E-state index in [0.29, 0.717) is 29.2 Å². The molecular weight excluding hydrogens is 452 g/mol. The van der Waals surface area contributed by atoms with Crippen molar-refractivity contribution >= 4 is 29.3 Å². The van der Waals surface area contributed by atoms with Crippen molar-refractivity contribution in [2.75, 3.05) is 13.2 Å². The van der Waals surface area contributed by atoms with Gasteiger partial charge >= 0.3 is 0 Å². The number of hydrogen-bond acceptors (Lipinski definition) is 6. The number of nitrogens with zero attached hydrogens (tertiary/aromatic N) is 1. The Kier molecular flexibility index (Phi) is 6.93. The molecule has 1 aromatic carbocycles. The predicted octanol–water partition coefficient (Wildman–Crippen LogP) is 2.90. The average Bonchev–Trinajstić information content (AvgIpc) is 3.28. The number of alkyl halides is 1. The second kappa shape index (κ2) is 9.85. The molecule has 0 spiro atoms. The molecule has 0 radical (unpaired) electrons. The van der Waals surface area contributed by atoms with Crippen LogP contribution in [0.5, 0.6) is 11.5 Å². The van der Waals surface area contributed by atoms with Crippen molar-refractivity contribution in [2.45, 2.75) is 29.8 Å². The monoisotopic (exact) mass is 474 g/mol. The maximum atomic E-state index is 13.1. The maximum absolute atomic E-state index is 13.1. The minimum Gasteiger partial charge on any atom is -0.507 e. The molecule has 168 valence electrons. The number of aromatic hydroxyl groups is 1. The number of benzene rings is 1. The van der Waals surface area contributed by atoms with Gasteiger partial charge in [0.25, 0.3) is 11.5 Å². The summed E-state index contributed by atoms with van der Waals surface area (Å²) in [7, 11) is 0. The van der Waals surface area contributed by atoms with Crippen LogP contribution >= 0.6 is 23.4 Å². The topological polar surface area (TPSA) is 101 Å². The van der Waals surface area contributed by atoms with Crippen molar-refractivity contribution in [2.24, 2.45) is 0 Å². The Morgan fingerprint density at radius 1 is 1.28 bits per heavy atom. The van der Waals surface area contributed by atoms with E-state index in [-0.39, 0.29) is 36.4 Å². The number of halogens is 1. The highest BCUT2D eigenvalue weighted by Crippen LogP contribution is 2.36. The van der Waals surface area contributed by atoms with Crippen LogP contribution in [0.3, 0.4) is 0 Å². The number of aliphatic hydroxyl groups is 1. The number of carbonyl (C=O) groups is 1. The Balaban J connectivity index is 1.59. The largest absolute Gasteiger partial charge is 0.507 e. The summed E-state index contributed by atoms with van der Waals surface area (Å²) in [4.78, 5) is 25.6. The number of fused-ring (bicyclic) bond motifs is 1.